The van der Waals surface area contributed by atoms with Gasteiger partial charge in [0.1, 0.15) is 0 Å². The normalized spacial score (nSPS) is 24.3. The largest absolute Gasteiger partial charge is 0.329 e. The summed E-state index contributed by atoms with van der Waals surface area (Å²) in [6.45, 7) is 5.50. The number of hydrogen-bond donors (Lipinski definition) is 1. The van der Waals surface area contributed by atoms with Crippen LogP contribution in [0.1, 0.15) is 61.2 Å². The van der Waals surface area contributed by atoms with Crippen LogP contribution in [0.5, 0.6) is 0 Å². The average Bonchev–Trinajstić information content (AvgIpc) is 3.12. The van der Waals surface area contributed by atoms with E-state index in [-0.39, 0.29) is 0 Å². The molecule has 1 unspecified atom stereocenters. The SMILES string of the molecule is CCc1ccc(C(CN)N2CCC3(CCCC3)CC2)s1. The van der Waals surface area contributed by atoms with Crippen LogP contribution < -0.4 is 5.73 Å². The molecular weight excluding hydrogens is 264 g/mol. The first-order valence-electron chi connectivity index (χ1n) is 8.29. The van der Waals surface area contributed by atoms with Crippen LogP contribution in [0.15, 0.2) is 12.1 Å². The van der Waals surface area contributed by atoms with E-state index in [0.29, 0.717) is 11.5 Å². The molecule has 2 N–H and O–H groups in total. The van der Waals surface area contributed by atoms with Crippen molar-refractivity contribution in [3.63, 3.8) is 0 Å². The fourth-order valence-corrected chi connectivity index (χ4v) is 5.24. The fourth-order valence-electron chi connectivity index (χ4n) is 4.14. The topological polar surface area (TPSA) is 29.3 Å². The van der Waals surface area contributed by atoms with Gasteiger partial charge in [0, 0.05) is 16.3 Å². The van der Waals surface area contributed by atoms with Crippen LogP contribution in [0, 0.1) is 5.41 Å². The van der Waals surface area contributed by atoms with E-state index < -0.39 is 0 Å². The van der Waals surface area contributed by atoms with Gasteiger partial charge in [-0.15, -0.1) is 11.3 Å². The predicted molar refractivity (Wildman–Crippen MR) is 87.2 cm³/mol. The van der Waals surface area contributed by atoms with Gasteiger partial charge in [0.15, 0.2) is 0 Å². The van der Waals surface area contributed by atoms with Crippen LogP contribution in [-0.4, -0.2) is 24.5 Å². The number of piperidine rings is 1. The molecule has 0 aromatic carbocycles. The molecule has 20 heavy (non-hydrogen) atoms. The molecule has 0 amide bonds. The van der Waals surface area contributed by atoms with Gasteiger partial charge in [-0.05, 0) is 62.7 Å². The molecular formula is C17H28N2S. The van der Waals surface area contributed by atoms with Crippen molar-refractivity contribution in [2.75, 3.05) is 19.6 Å². The first-order chi connectivity index (χ1) is 9.76. The zero-order chi connectivity index (χ0) is 14.0. The molecule has 1 spiro atoms. The highest BCUT2D eigenvalue weighted by Crippen LogP contribution is 2.47. The maximum absolute atomic E-state index is 6.10. The third kappa shape index (κ3) is 2.81. The molecule has 3 rings (SSSR count). The van der Waals surface area contributed by atoms with E-state index in [9.17, 15) is 0 Å². The molecule has 1 aliphatic carbocycles. The molecule has 1 saturated carbocycles. The second-order valence-corrected chi connectivity index (χ2v) is 7.85. The van der Waals surface area contributed by atoms with E-state index in [1.54, 1.807) is 0 Å². The van der Waals surface area contributed by atoms with E-state index in [1.165, 1.54) is 61.4 Å². The molecule has 1 aromatic heterocycles. The van der Waals surface area contributed by atoms with Crippen molar-refractivity contribution in [3.8, 4) is 0 Å². The van der Waals surface area contributed by atoms with Crippen LogP contribution in [-0.2, 0) is 6.42 Å². The van der Waals surface area contributed by atoms with E-state index in [0.717, 1.165) is 13.0 Å². The number of thiophene rings is 1. The molecule has 1 aliphatic heterocycles. The standard InChI is InChI=1S/C17H28N2S/c1-2-14-5-6-16(20-14)15(13-18)19-11-9-17(10-12-19)7-3-4-8-17/h5-6,15H,2-4,7-13,18H2,1H3. The quantitative estimate of drug-likeness (QED) is 0.910. The van der Waals surface area contributed by atoms with Gasteiger partial charge in [-0.3, -0.25) is 4.90 Å². The Morgan fingerprint density at radius 3 is 2.45 bits per heavy atom. The third-order valence-electron chi connectivity index (χ3n) is 5.55. The molecule has 112 valence electrons. The maximum atomic E-state index is 6.10. The summed E-state index contributed by atoms with van der Waals surface area (Å²) in [4.78, 5) is 5.61. The molecule has 2 aliphatic rings. The highest BCUT2D eigenvalue weighted by atomic mass is 32.1. The van der Waals surface area contributed by atoms with Crippen molar-refractivity contribution < 1.29 is 0 Å². The lowest BCUT2D eigenvalue weighted by Gasteiger charge is -2.42. The van der Waals surface area contributed by atoms with E-state index in [2.05, 4.69) is 24.0 Å². The predicted octanol–water partition coefficient (Wildman–Crippen LogP) is 3.97. The minimum Gasteiger partial charge on any atom is -0.329 e. The Morgan fingerprint density at radius 2 is 1.90 bits per heavy atom. The van der Waals surface area contributed by atoms with Crippen molar-refractivity contribution in [1.82, 2.24) is 4.90 Å². The van der Waals surface area contributed by atoms with Crippen molar-refractivity contribution >= 4 is 11.3 Å². The molecule has 0 radical (unpaired) electrons. The Balaban J connectivity index is 1.65. The fraction of sp³-hybridized carbons (Fsp3) is 0.765. The summed E-state index contributed by atoms with van der Waals surface area (Å²) in [5.41, 5.74) is 6.80. The minimum atomic E-state index is 0.457. The van der Waals surface area contributed by atoms with Crippen LogP contribution in [0.2, 0.25) is 0 Å². The number of rotatable bonds is 4. The lowest BCUT2D eigenvalue weighted by molar-refractivity contribution is 0.0791. The number of likely N-dealkylation sites (tertiary alicyclic amines) is 1. The van der Waals surface area contributed by atoms with E-state index >= 15 is 0 Å². The van der Waals surface area contributed by atoms with Gasteiger partial charge >= 0.3 is 0 Å². The molecule has 2 fully saturated rings. The Hall–Kier alpha value is -0.380. The zero-order valence-electron chi connectivity index (χ0n) is 12.7. The molecule has 1 atom stereocenters. The lowest BCUT2D eigenvalue weighted by atomic mass is 9.77. The van der Waals surface area contributed by atoms with Crippen LogP contribution in [0.4, 0.5) is 0 Å². The average molecular weight is 292 g/mol. The first-order valence-corrected chi connectivity index (χ1v) is 9.11. The van der Waals surface area contributed by atoms with Gasteiger partial charge in [-0.1, -0.05) is 19.8 Å². The molecule has 2 heterocycles. The first kappa shape index (κ1) is 14.6. The third-order valence-corrected chi connectivity index (χ3v) is 6.88. The van der Waals surface area contributed by atoms with Gasteiger partial charge in [0.25, 0.3) is 0 Å². The number of aryl methyl sites for hydroxylation is 1. The van der Waals surface area contributed by atoms with Crippen LogP contribution >= 0.6 is 11.3 Å². The molecule has 0 bridgehead atoms. The Bertz CT molecular complexity index is 424. The highest BCUT2D eigenvalue weighted by Gasteiger charge is 2.38. The number of nitrogens with zero attached hydrogens (tertiary/aromatic N) is 1. The number of nitrogens with two attached hydrogens (primary N) is 1. The number of hydrogen-bond acceptors (Lipinski definition) is 3. The maximum Gasteiger partial charge on any atom is 0.0564 e. The van der Waals surface area contributed by atoms with Crippen molar-refractivity contribution in [1.29, 1.82) is 0 Å². The Morgan fingerprint density at radius 1 is 1.20 bits per heavy atom. The molecule has 1 saturated heterocycles. The highest BCUT2D eigenvalue weighted by molar-refractivity contribution is 7.12. The minimum absolute atomic E-state index is 0.457. The lowest BCUT2D eigenvalue weighted by Crippen LogP contribution is -2.42. The summed E-state index contributed by atoms with van der Waals surface area (Å²) < 4.78 is 0. The molecule has 2 nitrogen and oxygen atoms in total. The van der Waals surface area contributed by atoms with Crippen LogP contribution in [0.3, 0.4) is 0 Å². The van der Waals surface area contributed by atoms with Crippen LogP contribution in [0.25, 0.3) is 0 Å². The van der Waals surface area contributed by atoms with Crippen molar-refractivity contribution in [3.05, 3.63) is 21.9 Å². The summed E-state index contributed by atoms with van der Waals surface area (Å²) in [7, 11) is 0. The molecule has 1 aromatic rings. The van der Waals surface area contributed by atoms with E-state index in [4.69, 9.17) is 5.73 Å². The monoisotopic (exact) mass is 292 g/mol. The van der Waals surface area contributed by atoms with Gasteiger partial charge in [0.05, 0.1) is 6.04 Å². The zero-order valence-corrected chi connectivity index (χ0v) is 13.6. The Kier molecular flexibility index (Phi) is 4.49. The van der Waals surface area contributed by atoms with Gasteiger partial charge in [-0.25, -0.2) is 0 Å². The van der Waals surface area contributed by atoms with E-state index in [1.807, 2.05) is 11.3 Å². The smallest absolute Gasteiger partial charge is 0.0564 e. The Labute approximate surface area is 127 Å². The van der Waals surface area contributed by atoms with Crippen molar-refractivity contribution in [2.45, 2.75) is 57.9 Å². The second-order valence-electron chi connectivity index (χ2n) is 6.65. The van der Waals surface area contributed by atoms with Crippen molar-refractivity contribution in [2.24, 2.45) is 11.1 Å². The van der Waals surface area contributed by atoms with Gasteiger partial charge in [0.2, 0.25) is 0 Å². The van der Waals surface area contributed by atoms with Gasteiger partial charge < -0.3 is 5.73 Å². The second kappa shape index (κ2) is 6.17. The van der Waals surface area contributed by atoms with Gasteiger partial charge in [-0.2, -0.15) is 0 Å². The molecule has 3 heteroatoms. The summed E-state index contributed by atoms with van der Waals surface area (Å²) in [5, 5.41) is 0. The summed E-state index contributed by atoms with van der Waals surface area (Å²) in [6.07, 6.45) is 9.83. The summed E-state index contributed by atoms with van der Waals surface area (Å²) in [5.74, 6) is 0. The summed E-state index contributed by atoms with van der Waals surface area (Å²) in [6, 6.07) is 5.05. The summed E-state index contributed by atoms with van der Waals surface area (Å²) >= 11 is 1.96.